The van der Waals surface area contributed by atoms with Gasteiger partial charge in [-0.05, 0) is 13.3 Å². The van der Waals surface area contributed by atoms with E-state index in [0.29, 0.717) is 18.6 Å². The zero-order valence-corrected chi connectivity index (χ0v) is 17.8. The van der Waals surface area contributed by atoms with Crippen molar-refractivity contribution >= 4 is 11.8 Å². The van der Waals surface area contributed by atoms with Gasteiger partial charge < -0.3 is 15.3 Å². The van der Waals surface area contributed by atoms with E-state index in [1.165, 1.54) is 9.58 Å². The van der Waals surface area contributed by atoms with Crippen LogP contribution in [0.15, 0.2) is 35.3 Å². The van der Waals surface area contributed by atoms with Crippen LogP contribution in [-0.4, -0.2) is 45.2 Å². The highest BCUT2D eigenvalue weighted by Crippen LogP contribution is 2.27. The molecule has 2 atom stereocenters. The molecular weight excluding hydrogens is 441 g/mol. The zero-order valence-electron chi connectivity index (χ0n) is 17.8. The van der Waals surface area contributed by atoms with Gasteiger partial charge in [0.15, 0.2) is 11.4 Å². The summed E-state index contributed by atoms with van der Waals surface area (Å²) >= 11 is 0. The van der Waals surface area contributed by atoms with Crippen molar-refractivity contribution in [3.05, 3.63) is 75.0 Å². The molecule has 1 aromatic carbocycles. The monoisotopic (exact) mass is 462 g/mol. The second-order valence-corrected chi connectivity index (χ2v) is 7.90. The van der Waals surface area contributed by atoms with Gasteiger partial charge in [0.2, 0.25) is 5.43 Å². The van der Waals surface area contributed by atoms with Crippen molar-refractivity contribution in [2.75, 3.05) is 11.7 Å². The first kappa shape index (κ1) is 22.4. The Kier molecular flexibility index (Phi) is 5.64. The number of nitrogens with one attached hydrogen (secondary N) is 1. The molecule has 0 aliphatic carbocycles. The summed E-state index contributed by atoms with van der Waals surface area (Å²) in [5.41, 5.74) is -2.47. The molecule has 1 aromatic heterocycles. The van der Waals surface area contributed by atoms with Crippen molar-refractivity contribution < 1.29 is 27.9 Å². The van der Waals surface area contributed by atoms with E-state index in [2.05, 4.69) is 5.32 Å². The molecule has 174 valence electrons. The molecule has 4 rings (SSSR count). The minimum Gasteiger partial charge on any atom is -0.502 e. The minimum absolute atomic E-state index is 0.161. The summed E-state index contributed by atoms with van der Waals surface area (Å²) in [5.74, 6) is -5.99. The topological polar surface area (TPSA) is 94.9 Å². The number of hydrogen-bond donors (Lipinski definition) is 2. The Morgan fingerprint density at radius 2 is 1.85 bits per heavy atom. The average molecular weight is 462 g/mol. The normalized spacial score (nSPS) is 19.4. The van der Waals surface area contributed by atoms with Gasteiger partial charge >= 0.3 is 0 Å². The van der Waals surface area contributed by atoms with Gasteiger partial charge in [-0.25, -0.2) is 13.2 Å². The van der Waals surface area contributed by atoms with Gasteiger partial charge in [-0.15, -0.1) is 0 Å². The van der Waals surface area contributed by atoms with Gasteiger partial charge in [0, 0.05) is 36.5 Å². The third-order valence-corrected chi connectivity index (χ3v) is 5.88. The molecular formula is C22H21F3N4O4. The number of amides is 2. The molecule has 33 heavy (non-hydrogen) atoms. The van der Waals surface area contributed by atoms with Crippen LogP contribution in [0, 0.1) is 17.5 Å². The Morgan fingerprint density at radius 1 is 1.18 bits per heavy atom. The Balaban J connectivity index is 1.72. The Hall–Kier alpha value is -3.76. The molecule has 2 amide bonds. The molecule has 11 heteroatoms. The number of aromatic hydroxyl groups is 1. The quantitative estimate of drug-likeness (QED) is 0.678. The van der Waals surface area contributed by atoms with Gasteiger partial charge in [0.05, 0.1) is 6.04 Å². The van der Waals surface area contributed by atoms with Crippen molar-refractivity contribution in [3.63, 3.8) is 0 Å². The van der Waals surface area contributed by atoms with Crippen molar-refractivity contribution in [3.8, 4) is 5.75 Å². The molecule has 2 aromatic rings. The number of carbonyl (C=O) groups is 2. The number of nitrogens with zero attached hydrogens (tertiary/aromatic N) is 3. The van der Waals surface area contributed by atoms with Crippen LogP contribution < -0.4 is 15.8 Å². The van der Waals surface area contributed by atoms with Gasteiger partial charge in [-0.3, -0.25) is 24.1 Å². The largest absolute Gasteiger partial charge is 0.502 e. The first-order valence-electron chi connectivity index (χ1n) is 10.3. The van der Waals surface area contributed by atoms with E-state index in [4.69, 9.17) is 0 Å². The van der Waals surface area contributed by atoms with Gasteiger partial charge in [0.1, 0.15) is 29.7 Å². The summed E-state index contributed by atoms with van der Waals surface area (Å²) < 4.78 is 42.1. The van der Waals surface area contributed by atoms with Gasteiger partial charge in [-0.2, -0.15) is 0 Å². The smallest absolute Gasteiger partial charge is 0.278 e. The van der Waals surface area contributed by atoms with Crippen molar-refractivity contribution in [2.45, 2.75) is 38.9 Å². The lowest BCUT2D eigenvalue weighted by Gasteiger charge is -2.42. The highest BCUT2D eigenvalue weighted by Gasteiger charge is 2.38. The number of halogens is 3. The molecule has 0 unspecified atom stereocenters. The number of rotatable bonds is 4. The van der Waals surface area contributed by atoms with E-state index in [1.54, 1.807) is 5.01 Å². The molecule has 2 N–H and O–H groups in total. The molecule has 2 aliphatic heterocycles. The van der Waals surface area contributed by atoms with Crippen LogP contribution in [0.3, 0.4) is 0 Å². The lowest BCUT2D eigenvalue weighted by atomic mass is 10.1. The Labute approximate surface area is 186 Å². The molecule has 0 spiro atoms. The predicted molar refractivity (Wildman–Crippen MR) is 112 cm³/mol. The van der Waals surface area contributed by atoms with Crippen molar-refractivity contribution in [1.82, 2.24) is 14.9 Å². The molecule has 0 radical (unpaired) electrons. The van der Waals surface area contributed by atoms with Gasteiger partial charge in [-0.1, -0.05) is 19.1 Å². The first-order chi connectivity index (χ1) is 15.6. The van der Waals surface area contributed by atoms with Crippen LogP contribution >= 0.6 is 0 Å². The average Bonchev–Trinajstić information content (AvgIpc) is 2.90. The van der Waals surface area contributed by atoms with E-state index in [1.807, 2.05) is 26.0 Å². The highest BCUT2D eigenvalue weighted by molar-refractivity contribution is 5.99. The van der Waals surface area contributed by atoms with E-state index in [-0.39, 0.29) is 24.4 Å². The maximum Gasteiger partial charge on any atom is 0.278 e. The maximum absolute atomic E-state index is 13.9. The van der Waals surface area contributed by atoms with Crippen LogP contribution in [-0.2, 0) is 6.54 Å². The third-order valence-electron chi connectivity index (χ3n) is 5.88. The maximum atomic E-state index is 13.9. The lowest BCUT2D eigenvalue weighted by molar-refractivity contribution is 0.0650. The van der Waals surface area contributed by atoms with Crippen molar-refractivity contribution in [1.29, 1.82) is 0 Å². The van der Waals surface area contributed by atoms with E-state index >= 15 is 0 Å². The molecule has 0 saturated heterocycles. The van der Waals surface area contributed by atoms with E-state index in [0.717, 1.165) is 6.20 Å². The zero-order chi connectivity index (χ0) is 24.0. The molecule has 3 heterocycles. The number of fused-ring (bicyclic) bond motifs is 4. The van der Waals surface area contributed by atoms with Crippen LogP contribution in [0.1, 0.15) is 46.7 Å². The molecule has 0 saturated carbocycles. The third kappa shape index (κ3) is 3.73. The molecule has 0 fully saturated rings. The summed E-state index contributed by atoms with van der Waals surface area (Å²) in [5, 5.41) is 14.5. The number of aromatic nitrogens is 1. The Bertz CT molecular complexity index is 1220. The Morgan fingerprint density at radius 3 is 2.48 bits per heavy atom. The van der Waals surface area contributed by atoms with Crippen LogP contribution in [0.25, 0.3) is 0 Å². The second-order valence-electron chi connectivity index (χ2n) is 7.90. The predicted octanol–water partition coefficient (Wildman–Crippen LogP) is 1.99. The van der Waals surface area contributed by atoms with Crippen LogP contribution in [0.2, 0.25) is 0 Å². The number of benzene rings is 1. The number of hydrogen-bond acceptors (Lipinski definition) is 5. The van der Waals surface area contributed by atoms with E-state index in [9.17, 15) is 32.7 Å². The summed E-state index contributed by atoms with van der Waals surface area (Å²) in [6, 6.07) is 0.480. The van der Waals surface area contributed by atoms with Crippen LogP contribution in [0.5, 0.6) is 5.75 Å². The molecule has 8 nitrogen and oxygen atoms in total. The first-order valence-corrected chi connectivity index (χ1v) is 10.3. The fourth-order valence-electron chi connectivity index (χ4n) is 4.00. The fraction of sp³-hybridized carbons (Fsp3) is 0.318. The van der Waals surface area contributed by atoms with Crippen LogP contribution in [0.4, 0.5) is 13.2 Å². The highest BCUT2D eigenvalue weighted by atomic mass is 19.1. The number of carbonyl (C=O) groups excluding carboxylic acids is 2. The summed E-state index contributed by atoms with van der Waals surface area (Å²) in [6.45, 7) is 3.24. The fourth-order valence-corrected chi connectivity index (χ4v) is 4.00. The standard InChI is InChI=1S/C22H21F3N4O4/c1-3-13-5-4-11(2)27-10-29(13)28-9-15(19(30)20(31)18(28)22(27)33)21(32)26-8-14-16(24)6-12(23)7-17(14)25/h4-7,9,11,13,31H,3,8,10H2,1-2H3,(H,26,32)/t11-,13-/m0/s1. The summed E-state index contributed by atoms with van der Waals surface area (Å²) in [6.07, 6.45) is 5.53. The van der Waals surface area contributed by atoms with Gasteiger partial charge in [0.25, 0.3) is 11.8 Å². The minimum atomic E-state index is -1.19. The molecule has 2 aliphatic rings. The van der Waals surface area contributed by atoms with Crippen molar-refractivity contribution in [2.24, 2.45) is 0 Å². The van der Waals surface area contributed by atoms with E-state index < -0.39 is 58.1 Å². The lowest BCUT2D eigenvalue weighted by Crippen LogP contribution is -2.58. The SMILES string of the molecule is CC[C@H]1C=C[C@H](C)N2CN1n1cc(C(=O)NCc3c(F)cc(F)cc3F)c(=O)c(O)c1C2=O. The summed E-state index contributed by atoms with van der Waals surface area (Å²) in [4.78, 5) is 39.9. The summed E-state index contributed by atoms with van der Waals surface area (Å²) in [7, 11) is 0. The molecule has 2 bridgehead atoms. The number of pyridine rings is 1. The second kappa shape index (κ2) is 8.30.